The molecule has 1 N–H and O–H groups in total. The number of amides is 1. The van der Waals surface area contributed by atoms with Gasteiger partial charge < -0.3 is 15.0 Å². The Kier molecular flexibility index (Phi) is 5.81. The Morgan fingerprint density at radius 3 is 3.00 bits per heavy atom. The maximum Gasteiger partial charge on any atom is 0.410 e. The van der Waals surface area contributed by atoms with Crippen molar-refractivity contribution < 1.29 is 9.53 Å². The summed E-state index contributed by atoms with van der Waals surface area (Å²) in [6.07, 6.45) is 2.90. The van der Waals surface area contributed by atoms with Crippen LogP contribution in [0.2, 0.25) is 0 Å². The Bertz CT molecular complexity index is 470. The molecule has 2 unspecified atom stereocenters. The average Bonchev–Trinajstić information content (AvgIpc) is 3.08. The second-order valence-corrected chi connectivity index (χ2v) is 7.57. The van der Waals surface area contributed by atoms with Crippen molar-refractivity contribution in [2.24, 2.45) is 0 Å². The number of carbonyl (C=O) groups excluding carboxylic acids is 1. The minimum atomic E-state index is -0.429. The Morgan fingerprint density at radius 2 is 2.36 bits per heavy atom. The first-order chi connectivity index (χ1) is 10.4. The second-order valence-electron chi connectivity index (χ2n) is 6.85. The Morgan fingerprint density at radius 1 is 1.59 bits per heavy atom. The third-order valence-electron chi connectivity index (χ3n) is 3.83. The SMILES string of the molecule is CC(NCCC1CCCN1C(=O)OC(C)(C)C)c1cscn1. The minimum absolute atomic E-state index is 0.178. The van der Waals surface area contributed by atoms with Gasteiger partial charge in [0.25, 0.3) is 0 Å². The predicted octanol–water partition coefficient (Wildman–Crippen LogP) is 3.58. The van der Waals surface area contributed by atoms with Crippen molar-refractivity contribution in [3.05, 3.63) is 16.6 Å². The standard InChI is InChI=1S/C16H27N3O2S/c1-12(14-10-22-11-18-14)17-8-7-13-6-5-9-19(13)15(20)21-16(2,3)4/h10-13,17H,5-9H2,1-4H3. The molecule has 0 radical (unpaired) electrons. The maximum absolute atomic E-state index is 12.2. The molecule has 1 saturated heterocycles. The van der Waals surface area contributed by atoms with Crippen LogP contribution >= 0.6 is 11.3 Å². The van der Waals surface area contributed by atoms with Crippen molar-refractivity contribution in [3.63, 3.8) is 0 Å². The van der Waals surface area contributed by atoms with Crippen LogP contribution in [-0.4, -0.2) is 40.7 Å². The van der Waals surface area contributed by atoms with Crippen molar-refractivity contribution in [2.45, 2.75) is 64.6 Å². The van der Waals surface area contributed by atoms with E-state index in [0.29, 0.717) is 0 Å². The van der Waals surface area contributed by atoms with Crippen molar-refractivity contribution in [1.82, 2.24) is 15.2 Å². The van der Waals surface area contributed by atoms with Gasteiger partial charge in [0, 0.05) is 24.0 Å². The number of nitrogens with zero attached hydrogens (tertiary/aromatic N) is 2. The summed E-state index contributed by atoms with van der Waals surface area (Å²) in [5, 5.41) is 5.55. The highest BCUT2D eigenvalue weighted by molar-refractivity contribution is 7.07. The van der Waals surface area contributed by atoms with Gasteiger partial charge in [-0.25, -0.2) is 9.78 Å². The van der Waals surface area contributed by atoms with Gasteiger partial charge in [-0.05, 0) is 53.5 Å². The van der Waals surface area contributed by atoms with Crippen LogP contribution < -0.4 is 5.32 Å². The normalized spacial score (nSPS) is 20.2. The average molecular weight is 325 g/mol. The quantitative estimate of drug-likeness (QED) is 0.899. The maximum atomic E-state index is 12.2. The van der Waals surface area contributed by atoms with Crippen molar-refractivity contribution in [2.75, 3.05) is 13.1 Å². The van der Waals surface area contributed by atoms with Gasteiger partial charge in [0.2, 0.25) is 0 Å². The summed E-state index contributed by atoms with van der Waals surface area (Å²) in [7, 11) is 0. The summed E-state index contributed by atoms with van der Waals surface area (Å²) < 4.78 is 5.50. The summed E-state index contributed by atoms with van der Waals surface area (Å²) in [5.74, 6) is 0. The molecular weight excluding hydrogens is 298 g/mol. The van der Waals surface area contributed by atoms with Gasteiger partial charge in [-0.15, -0.1) is 11.3 Å². The van der Waals surface area contributed by atoms with Gasteiger partial charge in [0.05, 0.1) is 11.2 Å². The van der Waals surface area contributed by atoms with Gasteiger partial charge in [0.1, 0.15) is 5.60 Å². The molecule has 6 heteroatoms. The van der Waals surface area contributed by atoms with Gasteiger partial charge in [0.15, 0.2) is 0 Å². The Balaban J connectivity index is 1.78. The summed E-state index contributed by atoms with van der Waals surface area (Å²) in [5.41, 5.74) is 2.51. The third kappa shape index (κ3) is 4.95. The number of hydrogen-bond donors (Lipinski definition) is 1. The van der Waals surface area contributed by atoms with Crippen LogP contribution in [0.25, 0.3) is 0 Å². The minimum Gasteiger partial charge on any atom is -0.444 e. The summed E-state index contributed by atoms with van der Waals surface area (Å²) in [6.45, 7) is 9.53. The highest BCUT2D eigenvalue weighted by Gasteiger charge is 2.31. The van der Waals surface area contributed by atoms with E-state index in [9.17, 15) is 4.79 Å². The highest BCUT2D eigenvalue weighted by atomic mass is 32.1. The molecule has 1 fully saturated rings. The zero-order chi connectivity index (χ0) is 16.2. The van der Waals surface area contributed by atoms with Crippen LogP contribution in [0.5, 0.6) is 0 Å². The largest absolute Gasteiger partial charge is 0.444 e. The molecule has 124 valence electrons. The van der Waals surface area contributed by atoms with E-state index in [1.165, 1.54) is 0 Å². The number of aromatic nitrogens is 1. The van der Waals surface area contributed by atoms with E-state index in [0.717, 1.165) is 38.0 Å². The van der Waals surface area contributed by atoms with E-state index in [2.05, 4.69) is 22.6 Å². The molecule has 5 nitrogen and oxygen atoms in total. The first kappa shape index (κ1) is 17.2. The predicted molar refractivity (Wildman–Crippen MR) is 89.1 cm³/mol. The molecule has 1 amide bonds. The van der Waals surface area contributed by atoms with Crippen LogP contribution in [0, 0.1) is 0 Å². The summed E-state index contributed by atoms with van der Waals surface area (Å²) in [6, 6.07) is 0.535. The van der Waals surface area contributed by atoms with E-state index in [4.69, 9.17) is 4.74 Å². The highest BCUT2D eigenvalue weighted by Crippen LogP contribution is 2.23. The number of ether oxygens (including phenoxy) is 1. The Labute approximate surface area is 137 Å². The van der Waals surface area contributed by atoms with Crippen LogP contribution in [0.15, 0.2) is 10.9 Å². The summed E-state index contributed by atoms with van der Waals surface area (Å²) >= 11 is 1.62. The molecule has 1 aromatic heterocycles. The lowest BCUT2D eigenvalue weighted by atomic mass is 10.1. The fourth-order valence-electron chi connectivity index (χ4n) is 2.70. The lowest BCUT2D eigenvalue weighted by molar-refractivity contribution is 0.0220. The number of carbonyl (C=O) groups is 1. The molecule has 1 aliphatic rings. The van der Waals surface area contributed by atoms with E-state index in [1.807, 2.05) is 31.2 Å². The first-order valence-corrected chi connectivity index (χ1v) is 8.92. The zero-order valence-electron chi connectivity index (χ0n) is 14.0. The number of thiazole rings is 1. The van der Waals surface area contributed by atoms with E-state index < -0.39 is 5.60 Å². The zero-order valence-corrected chi connectivity index (χ0v) is 14.8. The second kappa shape index (κ2) is 7.42. The molecule has 0 aromatic carbocycles. The van der Waals surface area contributed by atoms with Gasteiger partial charge >= 0.3 is 6.09 Å². The third-order valence-corrected chi connectivity index (χ3v) is 4.43. The van der Waals surface area contributed by atoms with E-state index >= 15 is 0 Å². The number of likely N-dealkylation sites (tertiary alicyclic amines) is 1. The van der Waals surface area contributed by atoms with E-state index in [1.54, 1.807) is 11.3 Å². The van der Waals surface area contributed by atoms with Crippen LogP contribution in [0.4, 0.5) is 4.79 Å². The smallest absolute Gasteiger partial charge is 0.410 e. The molecule has 0 saturated carbocycles. The molecule has 1 aliphatic heterocycles. The number of hydrogen-bond acceptors (Lipinski definition) is 5. The van der Waals surface area contributed by atoms with Crippen molar-refractivity contribution >= 4 is 17.4 Å². The molecule has 2 atom stereocenters. The molecule has 2 rings (SSSR count). The van der Waals surface area contributed by atoms with Crippen LogP contribution in [-0.2, 0) is 4.74 Å². The fraction of sp³-hybridized carbons (Fsp3) is 0.750. The number of nitrogens with one attached hydrogen (secondary N) is 1. The van der Waals surface area contributed by atoms with Crippen LogP contribution in [0.1, 0.15) is 58.7 Å². The molecule has 0 aliphatic carbocycles. The van der Waals surface area contributed by atoms with Crippen LogP contribution in [0.3, 0.4) is 0 Å². The topological polar surface area (TPSA) is 54.5 Å². The molecule has 0 spiro atoms. The van der Waals surface area contributed by atoms with Crippen molar-refractivity contribution in [3.8, 4) is 0 Å². The number of rotatable bonds is 5. The van der Waals surface area contributed by atoms with Gasteiger partial charge in [-0.3, -0.25) is 0 Å². The van der Waals surface area contributed by atoms with E-state index in [-0.39, 0.29) is 18.2 Å². The fourth-order valence-corrected chi connectivity index (χ4v) is 3.35. The van der Waals surface area contributed by atoms with Crippen molar-refractivity contribution in [1.29, 1.82) is 0 Å². The molecule has 0 bridgehead atoms. The summed E-state index contributed by atoms with van der Waals surface area (Å²) in [4.78, 5) is 18.4. The van der Waals surface area contributed by atoms with Gasteiger partial charge in [-0.2, -0.15) is 0 Å². The molecule has 2 heterocycles. The first-order valence-electron chi connectivity index (χ1n) is 7.98. The Hall–Kier alpha value is -1.14. The monoisotopic (exact) mass is 325 g/mol. The van der Waals surface area contributed by atoms with Gasteiger partial charge in [-0.1, -0.05) is 0 Å². The molecular formula is C16H27N3O2S. The molecule has 22 heavy (non-hydrogen) atoms. The molecule has 1 aromatic rings. The lowest BCUT2D eigenvalue weighted by Crippen LogP contribution is -2.41. The lowest BCUT2D eigenvalue weighted by Gasteiger charge is -2.29.